The van der Waals surface area contributed by atoms with E-state index >= 15 is 0 Å². The normalized spacial score (nSPS) is 14.5. The first-order valence-corrected chi connectivity index (χ1v) is 3.50. The summed E-state index contributed by atoms with van der Waals surface area (Å²) in [5, 5.41) is 0. The lowest BCUT2D eigenvalue weighted by Crippen LogP contribution is -2.00. The molecule has 0 amide bonds. The van der Waals surface area contributed by atoms with Gasteiger partial charge in [-0.3, -0.25) is 0 Å². The van der Waals surface area contributed by atoms with Crippen LogP contribution in [0.25, 0.3) is 6.08 Å². The molecule has 0 aromatic carbocycles. The van der Waals surface area contributed by atoms with Crippen LogP contribution in [0, 0.1) is 0 Å². The van der Waals surface area contributed by atoms with Crippen molar-refractivity contribution < 1.29 is 0 Å². The van der Waals surface area contributed by atoms with Crippen molar-refractivity contribution >= 4 is 6.08 Å². The maximum atomic E-state index is 10.8. The molecule has 0 atom stereocenters. The summed E-state index contributed by atoms with van der Waals surface area (Å²) >= 11 is 0. The number of fused-ring (bicyclic) bond motifs is 1. The van der Waals surface area contributed by atoms with E-state index in [9.17, 15) is 4.79 Å². The van der Waals surface area contributed by atoms with Gasteiger partial charge < -0.3 is 9.97 Å². The maximum absolute atomic E-state index is 10.8. The second-order valence-electron chi connectivity index (χ2n) is 2.46. The van der Waals surface area contributed by atoms with Crippen molar-refractivity contribution in [2.75, 3.05) is 0 Å². The Bertz CT molecular complexity index is 368. The smallest absolute Gasteiger partial charge is 0.309 e. The first kappa shape index (κ1) is 6.22. The number of rotatable bonds is 0. The van der Waals surface area contributed by atoms with Crippen LogP contribution >= 0.6 is 0 Å². The zero-order valence-corrected chi connectivity index (χ0v) is 5.92. The summed E-state index contributed by atoms with van der Waals surface area (Å²) < 4.78 is 0. The van der Waals surface area contributed by atoms with Crippen LogP contribution in [-0.2, 0) is 6.42 Å². The molecule has 1 aromatic heterocycles. The lowest BCUT2D eigenvalue weighted by atomic mass is 10.2. The van der Waals surface area contributed by atoms with Crippen molar-refractivity contribution in [1.82, 2.24) is 9.97 Å². The second kappa shape index (κ2) is 2.27. The minimum Gasteiger partial charge on any atom is -0.309 e. The molecule has 0 unspecified atom stereocenters. The third kappa shape index (κ3) is 1.05. The summed E-state index contributed by atoms with van der Waals surface area (Å²) in [6, 6.07) is 0. The summed E-state index contributed by atoms with van der Waals surface area (Å²) in [6.45, 7) is 0. The monoisotopic (exact) mass is 148 g/mol. The molecule has 3 heteroatoms. The molecule has 3 nitrogen and oxygen atoms in total. The molecule has 0 aliphatic heterocycles. The minimum absolute atomic E-state index is 0.130. The van der Waals surface area contributed by atoms with Crippen molar-refractivity contribution in [3.8, 4) is 0 Å². The molecule has 0 radical (unpaired) electrons. The predicted octanol–water partition coefficient (Wildman–Crippen LogP) is 0.828. The van der Waals surface area contributed by atoms with Crippen LogP contribution in [0.5, 0.6) is 0 Å². The Hall–Kier alpha value is -1.51. The average Bonchev–Trinajstić information content (AvgIpc) is 2.17. The van der Waals surface area contributed by atoms with Gasteiger partial charge in [-0.05, 0) is 6.08 Å². The number of aromatic amines is 2. The number of allylic oxidation sites excluding steroid dienone is 3. The standard InChI is InChI=1S/C8H8N2O/c11-8-9-6-4-2-1-3-5-7(6)10-8/h1-4H,5H2,(H2,9,10,11). The Balaban J connectivity index is 2.59. The summed E-state index contributed by atoms with van der Waals surface area (Å²) in [7, 11) is 0. The fourth-order valence-electron chi connectivity index (χ4n) is 1.15. The van der Waals surface area contributed by atoms with Crippen LogP contribution in [0.15, 0.2) is 23.0 Å². The number of hydrogen-bond donors (Lipinski definition) is 2. The first-order valence-electron chi connectivity index (χ1n) is 3.50. The molecule has 1 aliphatic rings. The number of imidazole rings is 1. The van der Waals surface area contributed by atoms with Crippen molar-refractivity contribution in [2.24, 2.45) is 0 Å². The van der Waals surface area contributed by atoms with Crippen LogP contribution in [0.4, 0.5) is 0 Å². The summed E-state index contributed by atoms with van der Waals surface area (Å²) in [6.07, 6.45) is 8.56. The molecule has 1 aromatic rings. The molecule has 0 saturated carbocycles. The van der Waals surface area contributed by atoms with Gasteiger partial charge in [-0.25, -0.2) is 4.79 Å². The molecular formula is C8H8N2O. The Morgan fingerprint density at radius 3 is 3.09 bits per heavy atom. The van der Waals surface area contributed by atoms with E-state index in [4.69, 9.17) is 0 Å². The minimum atomic E-state index is -0.130. The fourth-order valence-corrected chi connectivity index (χ4v) is 1.15. The van der Waals surface area contributed by atoms with Crippen LogP contribution in [0.3, 0.4) is 0 Å². The van der Waals surface area contributed by atoms with Gasteiger partial charge in [-0.15, -0.1) is 0 Å². The second-order valence-corrected chi connectivity index (χ2v) is 2.46. The van der Waals surface area contributed by atoms with Gasteiger partial charge in [0.25, 0.3) is 0 Å². The van der Waals surface area contributed by atoms with Gasteiger partial charge in [-0.2, -0.15) is 0 Å². The molecule has 11 heavy (non-hydrogen) atoms. The Labute approximate surface area is 63.5 Å². The molecular weight excluding hydrogens is 140 g/mol. The molecule has 0 fully saturated rings. The zero-order chi connectivity index (χ0) is 7.68. The van der Waals surface area contributed by atoms with Crippen molar-refractivity contribution in [1.29, 1.82) is 0 Å². The van der Waals surface area contributed by atoms with Gasteiger partial charge in [0.1, 0.15) is 0 Å². The first-order chi connectivity index (χ1) is 5.36. The van der Waals surface area contributed by atoms with Crippen LogP contribution in [0.2, 0.25) is 0 Å². The van der Waals surface area contributed by atoms with E-state index in [1.807, 2.05) is 24.3 Å². The van der Waals surface area contributed by atoms with E-state index in [2.05, 4.69) is 9.97 Å². The van der Waals surface area contributed by atoms with Gasteiger partial charge >= 0.3 is 5.69 Å². The third-order valence-corrected chi connectivity index (χ3v) is 1.67. The lowest BCUT2D eigenvalue weighted by molar-refractivity contribution is 1.11. The summed E-state index contributed by atoms with van der Waals surface area (Å²) in [5.41, 5.74) is 1.72. The average molecular weight is 148 g/mol. The highest BCUT2D eigenvalue weighted by Gasteiger charge is 2.02. The number of nitrogens with one attached hydrogen (secondary N) is 2. The topological polar surface area (TPSA) is 48.6 Å². The third-order valence-electron chi connectivity index (χ3n) is 1.67. The van der Waals surface area contributed by atoms with Gasteiger partial charge in [0, 0.05) is 12.1 Å². The molecule has 56 valence electrons. The Morgan fingerprint density at radius 1 is 1.27 bits per heavy atom. The van der Waals surface area contributed by atoms with E-state index in [0.717, 1.165) is 17.8 Å². The molecule has 1 aliphatic carbocycles. The predicted molar refractivity (Wildman–Crippen MR) is 43.3 cm³/mol. The Kier molecular flexibility index (Phi) is 1.28. The molecule has 2 N–H and O–H groups in total. The van der Waals surface area contributed by atoms with Gasteiger partial charge in [-0.1, -0.05) is 18.2 Å². The number of H-pyrrole nitrogens is 2. The highest BCUT2D eigenvalue weighted by atomic mass is 16.1. The molecule has 0 bridgehead atoms. The quantitative estimate of drug-likeness (QED) is 0.562. The Morgan fingerprint density at radius 2 is 2.18 bits per heavy atom. The molecule has 0 saturated heterocycles. The van der Waals surface area contributed by atoms with Crippen molar-refractivity contribution in [3.63, 3.8) is 0 Å². The maximum Gasteiger partial charge on any atom is 0.323 e. The molecule has 2 rings (SSSR count). The molecule has 0 spiro atoms. The number of aromatic nitrogens is 2. The van der Waals surface area contributed by atoms with Crippen molar-refractivity contribution in [2.45, 2.75) is 6.42 Å². The van der Waals surface area contributed by atoms with E-state index < -0.39 is 0 Å². The van der Waals surface area contributed by atoms with E-state index in [-0.39, 0.29) is 5.69 Å². The van der Waals surface area contributed by atoms with Gasteiger partial charge in [0.2, 0.25) is 0 Å². The summed E-state index contributed by atoms with van der Waals surface area (Å²) in [5.74, 6) is 0. The number of hydrogen-bond acceptors (Lipinski definition) is 1. The van der Waals surface area contributed by atoms with Crippen molar-refractivity contribution in [3.05, 3.63) is 40.1 Å². The van der Waals surface area contributed by atoms with Crippen LogP contribution in [-0.4, -0.2) is 9.97 Å². The van der Waals surface area contributed by atoms with Gasteiger partial charge in [0.05, 0.1) is 5.69 Å². The van der Waals surface area contributed by atoms with E-state index in [0.29, 0.717) is 0 Å². The van der Waals surface area contributed by atoms with Gasteiger partial charge in [0.15, 0.2) is 0 Å². The van der Waals surface area contributed by atoms with E-state index in [1.54, 1.807) is 0 Å². The zero-order valence-electron chi connectivity index (χ0n) is 5.92. The highest BCUT2D eigenvalue weighted by Crippen LogP contribution is 2.07. The largest absolute Gasteiger partial charge is 0.323 e. The van der Waals surface area contributed by atoms with E-state index in [1.165, 1.54) is 0 Å². The summed E-state index contributed by atoms with van der Waals surface area (Å²) in [4.78, 5) is 16.2. The van der Waals surface area contributed by atoms with Crippen LogP contribution < -0.4 is 5.69 Å². The van der Waals surface area contributed by atoms with Crippen LogP contribution in [0.1, 0.15) is 11.4 Å². The molecule has 1 heterocycles. The highest BCUT2D eigenvalue weighted by molar-refractivity contribution is 5.51. The fraction of sp³-hybridized carbons (Fsp3) is 0.125. The SMILES string of the molecule is O=c1[nH]c2c([nH]1)CC=CC=C2. The lowest BCUT2D eigenvalue weighted by Gasteiger charge is -1.88.